The van der Waals surface area contributed by atoms with Crippen molar-refractivity contribution in [3.8, 4) is 0 Å². The van der Waals surface area contributed by atoms with Crippen LogP contribution < -0.4 is 0 Å². The number of carbonyl (C=O) groups is 1. The van der Waals surface area contributed by atoms with Crippen molar-refractivity contribution in [2.24, 2.45) is 0 Å². The normalized spacial score (nSPS) is 30.8. The van der Waals surface area contributed by atoms with Gasteiger partial charge in [0.25, 0.3) is 5.91 Å². The van der Waals surface area contributed by atoms with E-state index in [1.54, 1.807) is 18.4 Å². The highest BCUT2D eigenvalue weighted by Gasteiger charge is 2.43. The summed E-state index contributed by atoms with van der Waals surface area (Å²) in [5, 5.41) is 0. The maximum Gasteiger partial charge on any atom is 0.264 e. The number of aryl methyl sites for hydroxylation is 1. The summed E-state index contributed by atoms with van der Waals surface area (Å²) in [6.07, 6.45) is 4.63. The van der Waals surface area contributed by atoms with E-state index in [1.165, 1.54) is 4.88 Å². The van der Waals surface area contributed by atoms with Gasteiger partial charge in [-0.2, -0.15) is 0 Å². The Bertz CT molecular complexity index is 442. The second-order valence-corrected chi connectivity index (χ2v) is 6.62. The van der Waals surface area contributed by atoms with Crippen LogP contribution in [0.5, 0.6) is 0 Å². The van der Waals surface area contributed by atoms with Gasteiger partial charge >= 0.3 is 0 Å². The van der Waals surface area contributed by atoms with E-state index < -0.39 is 0 Å². The molecule has 0 saturated carbocycles. The summed E-state index contributed by atoms with van der Waals surface area (Å²) >= 11 is 1.61. The number of ether oxygens (including phenoxy) is 1. The summed E-state index contributed by atoms with van der Waals surface area (Å²) in [4.78, 5) is 16.8. The van der Waals surface area contributed by atoms with Gasteiger partial charge in [0.05, 0.1) is 11.0 Å². The summed E-state index contributed by atoms with van der Waals surface area (Å²) in [5.74, 6) is 0.232. The Morgan fingerprint density at radius 2 is 2.00 bits per heavy atom. The third-order valence-corrected chi connectivity index (χ3v) is 5.20. The predicted octanol–water partition coefficient (Wildman–Crippen LogP) is 2.84. The Kier molecular flexibility index (Phi) is 3.16. The number of hydrogen-bond acceptors (Lipinski definition) is 3. The minimum Gasteiger partial charge on any atom is -0.381 e. The minimum absolute atomic E-state index is 0.232. The molecule has 2 bridgehead atoms. The highest BCUT2D eigenvalue weighted by Crippen LogP contribution is 2.38. The summed E-state index contributed by atoms with van der Waals surface area (Å²) in [5.41, 5.74) is 0. The number of rotatable bonds is 2. The molecular weight excluding hydrogens is 246 g/mol. The van der Waals surface area contributed by atoms with E-state index in [4.69, 9.17) is 4.74 Å². The number of thiophene rings is 1. The topological polar surface area (TPSA) is 29.5 Å². The predicted molar refractivity (Wildman–Crippen MR) is 72.1 cm³/mol. The van der Waals surface area contributed by atoms with Gasteiger partial charge in [-0.3, -0.25) is 4.79 Å². The van der Waals surface area contributed by atoms with Crippen LogP contribution in [0.4, 0.5) is 0 Å². The van der Waals surface area contributed by atoms with Gasteiger partial charge in [-0.25, -0.2) is 0 Å². The maximum absolute atomic E-state index is 12.6. The van der Waals surface area contributed by atoms with E-state index in [9.17, 15) is 4.79 Å². The van der Waals surface area contributed by atoms with E-state index in [0.29, 0.717) is 18.2 Å². The molecule has 2 saturated heterocycles. The molecule has 2 aliphatic heterocycles. The van der Waals surface area contributed by atoms with Crippen LogP contribution in [0, 0.1) is 6.92 Å². The van der Waals surface area contributed by atoms with Gasteiger partial charge in [0.2, 0.25) is 0 Å². The van der Waals surface area contributed by atoms with Gasteiger partial charge in [0, 0.05) is 24.1 Å². The van der Waals surface area contributed by atoms with Crippen LogP contribution in [0.15, 0.2) is 12.1 Å². The van der Waals surface area contributed by atoms with Gasteiger partial charge in [0.15, 0.2) is 0 Å². The second kappa shape index (κ2) is 4.67. The molecule has 0 N–H and O–H groups in total. The maximum atomic E-state index is 12.6. The van der Waals surface area contributed by atoms with Crippen molar-refractivity contribution in [1.82, 2.24) is 4.90 Å². The molecule has 3 rings (SSSR count). The van der Waals surface area contributed by atoms with E-state index in [1.807, 2.05) is 19.1 Å². The smallest absolute Gasteiger partial charge is 0.264 e. The summed E-state index contributed by atoms with van der Waals surface area (Å²) < 4.78 is 5.47. The van der Waals surface area contributed by atoms with Crippen LogP contribution in [-0.2, 0) is 4.74 Å². The lowest BCUT2D eigenvalue weighted by Crippen LogP contribution is -2.48. The highest BCUT2D eigenvalue weighted by molar-refractivity contribution is 7.13. The molecule has 18 heavy (non-hydrogen) atoms. The number of hydrogen-bond donors (Lipinski definition) is 0. The average molecular weight is 265 g/mol. The first kappa shape index (κ1) is 12.2. The van der Waals surface area contributed by atoms with Gasteiger partial charge in [0.1, 0.15) is 0 Å². The Morgan fingerprint density at radius 1 is 1.33 bits per heavy atom. The molecule has 1 aromatic rings. The molecule has 4 heteroatoms. The fourth-order valence-corrected chi connectivity index (χ4v) is 4.14. The van der Waals surface area contributed by atoms with Crippen molar-refractivity contribution in [3.63, 3.8) is 0 Å². The molecule has 0 spiro atoms. The van der Waals surface area contributed by atoms with Gasteiger partial charge in [-0.1, -0.05) is 0 Å². The van der Waals surface area contributed by atoms with Gasteiger partial charge in [-0.05, 0) is 44.7 Å². The minimum atomic E-state index is 0.232. The summed E-state index contributed by atoms with van der Waals surface area (Å²) in [6.45, 7) is 2.05. The van der Waals surface area contributed by atoms with Crippen molar-refractivity contribution in [1.29, 1.82) is 0 Å². The van der Waals surface area contributed by atoms with E-state index in [-0.39, 0.29) is 5.91 Å². The molecule has 2 atom stereocenters. The van der Waals surface area contributed by atoms with E-state index in [2.05, 4.69) is 4.90 Å². The number of piperidine rings is 1. The van der Waals surface area contributed by atoms with Crippen LogP contribution in [0.1, 0.15) is 40.2 Å². The average Bonchev–Trinajstić information content (AvgIpc) is 2.90. The molecule has 3 nitrogen and oxygen atoms in total. The standard InChI is InChI=1S/C14H19NO2S/c1-9-3-6-13(18-9)14(16)15-10-4-5-11(15)8-12(7-10)17-2/h3,6,10-12H,4-5,7-8H2,1-2H3. The zero-order valence-electron chi connectivity index (χ0n) is 10.9. The van der Waals surface area contributed by atoms with Crippen molar-refractivity contribution in [2.75, 3.05) is 7.11 Å². The van der Waals surface area contributed by atoms with Gasteiger partial charge in [-0.15, -0.1) is 11.3 Å². The molecule has 0 radical (unpaired) electrons. The molecule has 0 aliphatic carbocycles. The third kappa shape index (κ3) is 1.97. The Labute approximate surface area is 112 Å². The first-order valence-corrected chi connectivity index (χ1v) is 7.42. The highest BCUT2D eigenvalue weighted by atomic mass is 32.1. The molecule has 0 aromatic carbocycles. The fraction of sp³-hybridized carbons (Fsp3) is 0.643. The zero-order valence-corrected chi connectivity index (χ0v) is 11.7. The second-order valence-electron chi connectivity index (χ2n) is 5.34. The van der Waals surface area contributed by atoms with Crippen LogP contribution in [0.2, 0.25) is 0 Å². The molecular formula is C14H19NO2S. The van der Waals surface area contributed by atoms with Crippen molar-refractivity contribution in [3.05, 3.63) is 21.9 Å². The SMILES string of the molecule is COC1CC2CCC(C1)N2C(=O)c1ccc(C)s1. The fourth-order valence-electron chi connectivity index (χ4n) is 3.33. The number of carbonyl (C=O) groups excluding carboxylic acids is 1. The molecule has 1 aromatic heterocycles. The van der Waals surface area contributed by atoms with E-state index >= 15 is 0 Å². The lowest BCUT2D eigenvalue weighted by atomic mass is 9.99. The number of nitrogens with zero attached hydrogens (tertiary/aromatic N) is 1. The largest absolute Gasteiger partial charge is 0.381 e. The first-order valence-electron chi connectivity index (χ1n) is 6.61. The molecule has 2 fully saturated rings. The van der Waals surface area contributed by atoms with Crippen molar-refractivity contribution >= 4 is 17.2 Å². The molecule has 1 amide bonds. The Balaban J connectivity index is 1.80. The van der Waals surface area contributed by atoms with Crippen LogP contribution in [0.3, 0.4) is 0 Å². The van der Waals surface area contributed by atoms with Crippen molar-refractivity contribution in [2.45, 2.75) is 50.8 Å². The Hall–Kier alpha value is -0.870. The number of methoxy groups -OCH3 is 1. The van der Waals surface area contributed by atoms with Crippen LogP contribution >= 0.6 is 11.3 Å². The molecule has 2 aliphatic rings. The lowest BCUT2D eigenvalue weighted by Gasteiger charge is -2.38. The van der Waals surface area contributed by atoms with Crippen LogP contribution in [-0.4, -0.2) is 36.1 Å². The first-order chi connectivity index (χ1) is 8.69. The Morgan fingerprint density at radius 3 is 2.50 bits per heavy atom. The quantitative estimate of drug-likeness (QED) is 0.823. The van der Waals surface area contributed by atoms with Crippen molar-refractivity contribution < 1.29 is 9.53 Å². The molecule has 98 valence electrons. The molecule has 3 heterocycles. The molecule has 2 unspecified atom stereocenters. The monoisotopic (exact) mass is 265 g/mol. The summed E-state index contributed by atoms with van der Waals surface area (Å²) in [7, 11) is 1.78. The van der Waals surface area contributed by atoms with Gasteiger partial charge < -0.3 is 9.64 Å². The zero-order chi connectivity index (χ0) is 12.7. The summed E-state index contributed by atoms with van der Waals surface area (Å²) in [6, 6.07) is 4.78. The lowest BCUT2D eigenvalue weighted by molar-refractivity contribution is 0.00847. The third-order valence-electron chi connectivity index (χ3n) is 4.21. The van der Waals surface area contributed by atoms with E-state index in [0.717, 1.165) is 30.6 Å². The number of amides is 1. The van der Waals surface area contributed by atoms with Crippen LogP contribution in [0.25, 0.3) is 0 Å². The number of fused-ring (bicyclic) bond motifs is 2.